The summed E-state index contributed by atoms with van der Waals surface area (Å²) in [6, 6.07) is 5.56. The Morgan fingerprint density at radius 3 is 2.43 bits per heavy atom. The maximum Gasteiger partial charge on any atom is 0.401 e. The third kappa shape index (κ3) is 5.69. The Morgan fingerprint density at radius 1 is 1.24 bits per heavy atom. The highest BCUT2D eigenvalue weighted by Gasteiger charge is 2.26. The second kappa shape index (κ2) is 6.87. The summed E-state index contributed by atoms with van der Waals surface area (Å²) in [6.45, 7) is -1.90. The Hall–Kier alpha value is -1.65. The molecule has 0 spiro atoms. The first-order chi connectivity index (χ1) is 9.65. The summed E-state index contributed by atoms with van der Waals surface area (Å²) in [4.78, 5) is 11.3. The number of anilines is 1. The van der Waals surface area contributed by atoms with Gasteiger partial charge in [0.1, 0.15) is 4.90 Å². The van der Waals surface area contributed by atoms with E-state index in [-0.39, 0.29) is 10.6 Å². The Bertz CT molecular complexity index is 602. The molecule has 0 atom stereocenters. The molecule has 21 heavy (non-hydrogen) atoms. The second-order valence-electron chi connectivity index (χ2n) is 3.97. The lowest BCUT2D eigenvalue weighted by atomic mass is 10.3. The maximum absolute atomic E-state index is 11.9. The van der Waals surface area contributed by atoms with Gasteiger partial charge in [0.2, 0.25) is 15.9 Å². The zero-order chi connectivity index (χ0) is 16.1. The van der Waals surface area contributed by atoms with Gasteiger partial charge in [0.25, 0.3) is 0 Å². The molecule has 1 rings (SSSR count). The number of halogens is 3. The number of carbonyl (C=O) groups is 1. The fourth-order valence-electron chi connectivity index (χ4n) is 1.43. The van der Waals surface area contributed by atoms with Gasteiger partial charge in [0.15, 0.2) is 0 Å². The maximum atomic E-state index is 11.9. The molecule has 0 aliphatic carbocycles. The van der Waals surface area contributed by atoms with Gasteiger partial charge in [0, 0.05) is 0 Å². The molecule has 3 N–H and O–H groups in total. The fraction of sp³-hybridized carbons (Fsp3) is 0.364. The van der Waals surface area contributed by atoms with Crippen LogP contribution in [0.25, 0.3) is 0 Å². The smallest absolute Gasteiger partial charge is 0.324 e. The van der Waals surface area contributed by atoms with E-state index >= 15 is 0 Å². The van der Waals surface area contributed by atoms with E-state index in [0.29, 0.717) is 0 Å². The Kier molecular flexibility index (Phi) is 5.70. The van der Waals surface area contributed by atoms with Gasteiger partial charge in [0.05, 0.1) is 18.8 Å². The Balaban J connectivity index is 2.74. The molecule has 0 unspecified atom stereocenters. The highest BCUT2D eigenvalue weighted by molar-refractivity contribution is 7.89. The van der Waals surface area contributed by atoms with E-state index in [2.05, 4.69) is 10.0 Å². The second-order valence-corrected chi connectivity index (χ2v) is 5.83. The van der Waals surface area contributed by atoms with Crippen LogP contribution in [0.15, 0.2) is 29.2 Å². The van der Waals surface area contributed by atoms with Crippen molar-refractivity contribution in [1.82, 2.24) is 10.0 Å². The third-order valence-corrected chi connectivity index (χ3v) is 3.80. The van der Waals surface area contributed by atoms with Crippen molar-refractivity contribution < 1.29 is 26.4 Å². The molecule has 1 aromatic carbocycles. The van der Waals surface area contributed by atoms with Crippen molar-refractivity contribution in [3.8, 4) is 0 Å². The van der Waals surface area contributed by atoms with Gasteiger partial charge in [-0.15, -0.1) is 0 Å². The lowest BCUT2D eigenvalue weighted by Crippen LogP contribution is -2.35. The van der Waals surface area contributed by atoms with Gasteiger partial charge in [-0.2, -0.15) is 13.2 Å². The number of para-hydroxylation sites is 1. The summed E-state index contributed by atoms with van der Waals surface area (Å²) in [5, 5.41) is 4.16. The molecular formula is C11H14F3N3O3S. The minimum absolute atomic E-state index is 0.00865. The van der Waals surface area contributed by atoms with Gasteiger partial charge in [-0.1, -0.05) is 12.1 Å². The van der Waals surface area contributed by atoms with E-state index in [1.54, 1.807) is 0 Å². The van der Waals surface area contributed by atoms with E-state index in [0.717, 1.165) is 0 Å². The third-order valence-electron chi connectivity index (χ3n) is 2.33. The number of rotatable bonds is 6. The molecule has 0 bridgehead atoms. The predicted octanol–water partition coefficient (Wildman–Crippen LogP) is 0.685. The van der Waals surface area contributed by atoms with E-state index in [4.69, 9.17) is 0 Å². The van der Waals surface area contributed by atoms with Crippen molar-refractivity contribution in [2.45, 2.75) is 11.1 Å². The van der Waals surface area contributed by atoms with Gasteiger partial charge in [-0.25, -0.2) is 13.1 Å². The zero-order valence-electron chi connectivity index (χ0n) is 11.0. The number of benzene rings is 1. The van der Waals surface area contributed by atoms with Crippen LogP contribution in [0, 0.1) is 0 Å². The molecule has 0 saturated heterocycles. The molecule has 0 aliphatic rings. The number of nitrogens with one attached hydrogen (secondary N) is 3. The van der Waals surface area contributed by atoms with E-state index in [1.165, 1.54) is 31.3 Å². The molecular weight excluding hydrogens is 311 g/mol. The van der Waals surface area contributed by atoms with Crippen LogP contribution in [0.4, 0.5) is 18.9 Å². The van der Waals surface area contributed by atoms with Gasteiger partial charge in [-0.3, -0.25) is 4.79 Å². The highest BCUT2D eigenvalue weighted by atomic mass is 32.2. The van der Waals surface area contributed by atoms with Crippen LogP contribution in [0.2, 0.25) is 0 Å². The minimum Gasteiger partial charge on any atom is -0.324 e. The molecule has 0 aliphatic heterocycles. The largest absolute Gasteiger partial charge is 0.401 e. The van der Waals surface area contributed by atoms with Crippen LogP contribution in [-0.2, 0) is 14.8 Å². The van der Waals surface area contributed by atoms with Crippen LogP contribution in [0.3, 0.4) is 0 Å². The van der Waals surface area contributed by atoms with Gasteiger partial charge >= 0.3 is 6.18 Å². The number of hydrogen-bond acceptors (Lipinski definition) is 4. The molecule has 118 valence electrons. The predicted molar refractivity (Wildman–Crippen MR) is 70.2 cm³/mol. The monoisotopic (exact) mass is 325 g/mol. The number of alkyl halides is 3. The summed E-state index contributed by atoms with van der Waals surface area (Å²) >= 11 is 0. The van der Waals surface area contributed by atoms with Crippen molar-refractivity contribution in [1.29, 1.82) is 0 Å². The van der Waals surface area contributed by atoms with Crippen molar-refractivity contribution >= 4 is 21.6 Å². The molecule has 6 nitrogen and oxygen atoms in total. The van der Waals surface area contributed by atoms with Gasteiger partial charge in [-0.05, 0) is 19.2 Å². The first-order valence-electron chi connectivity index (χ1n) is 5.75. The SMILES string of the molecule is CNS(=O)(=O)c1ccccc1NC(=O)CNCC(F)(F)F. The number of sulfonamides is 1. The van der Waals surface area contributed by atoms with E-state index < -0.39 is 35.2 Å². The molecule has 0 aromatic heterocycles. The van der Waals surface area contributed by atoms with Crippen LogP contribution in [-0.4, -0.2) is 40.6 Å². The zero-order valence-corrected chi connectivity index (χ0v) is 11.8. The summed E-state index contributed by atoms with van der Waals surface area (Å²) in [6.07, 6.45) is -4.42. The normalized spacial score (nSPS) is 12.2. The van der Waals surface area contributed by atoms with E-state index in [1.807, 2.05) is 5.32 Å². The van der Waals surface area contributed by atoms with Gasteiger partial charge < -0.3 is 10.6 Å². The van der Waals surface area contributed by atoms with Crippen LogP contribution < -0.4 is 15.4 Å². The number of amides is 1. The van der Waals surface area contributed by atoms with Crippen LogP contribution in [0.1, 0.15) is 0 Å². The summed E-state index contributed by atoms with van der Waals surface area (Å²) in [7, 11) is -2.58. The molecule has 1 aromatic rings. The first-order valence-corrected chi connectivity index (χ1v) is 7.24. The molecule has 10 heteroatoms. The van der Waals surface area contributed by atoms with Crippen molar-refractivity contribution in [2.75, 3.05) is 25.5 Å². The lowest BCUT2D eigenvalue weighted by molar-refractivity contribution is -0.126. The van der Waals surface area contributed by atoms with Crippen molar-refractivity contribution in [3.63, 3.8) is 0 Å². The number of hydrogen-bond donors (Lipinski definition) is 3. The Morgan fingerprint density at radius 2 is 1.86 bits per heavy atom. The lowest BCUT2D eigenvalue weighted by Gasteiger charge is -2.12. The molecule has 0 saturated carbocycles. The fourth-order valence-corrected chi connectivity index (χ4v) is 2.31. The highest BCUT2D eigenvalue weighted by Crippen LogP contribution is 2.20. The Labute approximate surface area is 119 Å². The quantitative estimate of drug-likeness (QED) is 0.718. The molecule has 0 heterocycles. The average molecular weight is 325 g/mol. The van der Waals surface area contributed by atoms with Crippen molar-refractivity contribution in [3.05, 3.63) is 24.3 Å². The van der Waals surface area contributed by atoms with Crippen molar-refractivity contribution in [2.24, 2.45) is 0 Å². The number of carbonyl (C=O) groups excluding carboxylic acids is 1. The standard InChI is InChI=1S/C11H14F3N3O3S/c1-15-21(19,20)9-5-3-2-4-8(9)17-10(18)6-16-7-11(12,13)14/h2-5,15-16H,6-7H2,1H3,(H,17,18). The molecule has 0 fully saturated rings. The topological polar surface area (TPSA) is 87.3 Å². The van der Waals surface area contributed by atoms with E-state index in [9.17, 15) is 26.4 Å². The first kappa shape index (κ1) is 17.4. The van der Waals surface area contributed by atoms with Crippen LogP contribution >= 0.6 is 0 Å². The average Bonchev–Trinajstić information content (AvgIpc) is 2.37. The summed E-state index contributed by atoms with van der Waals surface area (Å²) < 4.78 is 61.3. The summed E-state index contributed by atoms with van der Waals surface area (Å²) in [5.41, 5.74) is -0.00865. The summed E-state index contributed by atoms with van der Waals surface area (Å²) in [5.74, 6) is -0.780. The van der Waals surface area contributed by atoms with Crippen LogP contribution in [0.5, 0.6) is 0 Å². The molecule has 0 radical (unpaired) electrons. The minimum atomic E-state index is -4.42. The molecule has 1 amide bonds.